The molecule has 0 spiro atoms. The maximum atomic E-state index is 12.0. The first-order valence-electron chi connectivity index (χ1n) is 10.4. The van der Waals surface area contributed by atoms with Gasteiger partial charge in [0.25, 0.3) is 0 Å². The summed E-state index contributed by atoms with van der Waals surface area (Å²) >= 11 is 6.49. The Morgan fingerprint density at radius 3 is 2.53 bits per heavy atom. The average Bonchev–Trinajstić information content (AvgIpc) is 3.67. The van der Waals surface area contributed by atoms with Gasteiger partial charge in [-0.05, 0) is 48.1 Å². The first-order chi connectivity index (χ1) is 15.5. The molecule has 1 fully saturated rings. The maximum Gasteiger partial charge on any atom is 0.338 e. The molecule has 3 aromatic rings. The van der Waals surface area contributed by atoms with Crippen molar-refractivity contribution in [3.05, 3.63) is 76.4 Å². The van der Waals surface area contributed by atoms with Crippen LogP contribution in [0, 0.1) is 12.8 Å². The molecule has 1 aliphatic rings. The smallest absolute Gasteiger partial charge is 0.338 e. The number of hydrogen-bond acceptors (Lipinski definition) is 5. The number of ether oxygens (including phenoxy) is 1. The molecule has 1 amide bonds. The van der Waals surface area contributed by atoms with Gasteiger partial charge in [0.1, 0.15) is 5.82 Å². The van der Waals surface area contributed by atoms with Crippen molar-refractivity contribution in [3.8, 4) is 11.1 Å². The number of carbonyl (C=O) groups excluding carboxylic acids is 2. The highest BCUT2D eigenvalue weighted by atomic mass is 35.5. The number of carbonyl (C=O) groups is 2. The molecule has 1 aromatic heterocycles. The first kappa shape index (κ1) is 21.8. The Balaban J connectivity index is 1.44. The Morgan fingerprint density at radius 1 is 1.12 bits per heavy atom. The highest BCUT2D eigenvalue weighted by molar-refractivity contribution is 6.34. The lowest BCUT2D eigenvalue weighted by molar-refractivity contribution is -0.117. The van der Waals surface area contributed by atoms with E-state index in [0.29, 0.717) is 28.6 Å². The van der Waals surface area contributed by atoms with Gasteiger partial charge in [0.2, 0.25) is 5.91 Å². The number of rotatable bonds is 7. The van der Waals surface area contributed by atoms with Gasteiger partial charge in [-0.2, -0.15) is 0 Å². The molecule has 7 heteroatoms. The molecule has 1 aliphatic carbocycles. The zero-order chi connectivity index (χ0) is 22.7. The molecule has 1 heterocycles. The Morgan fingerprint density at radius 2 is 1.84 bits per heavy atom. The summed E-state index contributed by atoms with van der Waals surface area (Å²) in [6.45, 7) is 2.39. The van der Waals surface area contributed by atoms with Crippen molar-refractivity contribution in [2.75, 3.05) is 17.7 Å². The molecular formula is C25H24ClN3O3. The summed E-state index contributed by atoms with van der Waals surface area (Å²) in [6, 6.07) is 15.3. The van der Waals surface area contributed by atoms with Crippen LogP contribution in [0.1, 0.15) is 34.3 Å². The molecule has 6 nitrogen and oxygen atoms in total. The van der Waals surface area contributed by atoms with E-state index >= 15 is 0 Å². The second-order valence-electron chi connectivity index (χ2n) is 7.81. The Kier molecular flexibility index (Phi) is 6.42. The topological polar surface area (TPSA) is 80.3 Å². The van der Waals surface area contributed by atoms with Crippen molar-refractivity contribution in [2.45, 2.75) is 26.3 Å². The van der Waals surface area contributed by atoms with Gasteiger partial charge in [-0.1, -0.05) is 54.1 Å². The molecule has 4 rings (SSSR count). The lowest BCUT2D eigenvalue weighted by Gasteiger charge is -2.14. The molecule has 0 aliphatic heterocycles. The van der Waals surface area contributed by atoms with E-state index in [2.05, 4.69) is 15.6 Å². The van der Waals surface area contributed by atoms with Crippen LogP contribution in [0.3, 0.4) is 0 Å². The fourth-order valence-corrected chi connectivity index (χ4v) is 3.64. The van der Waals surface area contributed by atoms with E-state index < -0.39 is 0 Å². The maximum absolute atomic E-state index is 12.0. The van der Waals surface area contributed by atoms with Gasteiger partial charge < -0.3 is 15.4 Å². The molecular weight excluding hydrogens is 426 g/mol. The van der Waals surface area contributed by atoms with E-state index in [1.807, 2.05) is 49.4 Å². The molecule has 1 saturated carbocycles. The minimum Gasteiger partial charge on any atom is -0.465 e. The van der Waals surface area contributed by atoms with Crippen LogP contribution in [-0.2, 0) is 16.1 Å². The van der Waals surface area contributed by atoms with Gasteiger partial charge in [0.05, 0.1) is 29.6 Å². The molecule has 2 aromatic carbocycles. The van der Waals surface area contributed by atoms with Gasteiger partial charge in [-0.25, -0.2) is 9.78 Å². The highest BCUT2D eigenvalue weighted by Crippen LogP contribution is 2.33. The number of esters is 1. The third kappa shape index (κ3) is 4.75. The molecule has 0 radical (unpaired) electrons. The van der Waals surface area contributed by atoms with E-state index in [-0.39, 0.29) is 17.8 Å². The third-order valence-electron chi connectivity index (χ3n) is 5.53. The second kappa shape index (κ2) is 9.40. The molecule has 32 heavy (non-hydrogen) atoms. The number of anilines is 2. The summed E-state index contributed by atoms with van der Waals surface area (Å²) in [7, 11) is 1.38. The molecule has 0 saturated heterocycles. The Hall–Kier alpha value is -3.38. The average molecular weight is 450 g/mol. The van der Waals surface area contributed by atoms with Gasteiger partial charge in [0, 0.05) is 12.5 Å². The number of pyridine rings is 1. The van der Waals surface area contributed by atoms with Crippen molar-refractivity contribution in [2.24, 2.45) is 5.92 Å². The normalized spacial score (nSPS) is 12.8. The summed E-state index contributed by atoms with van der Waals surface area (Å²) in [4.78, 5) is 28.4. The predicted molar refractivity (Wildman–Crippen MR) is 126 cm³/mol. The SMILES string of the molecule is COC(=O)c1ccccc1-c1ccc(CNc2ncc(NC(=O)C3CC3)c(C)c2Cl)cc1. The van der Waals surface area contributed by atoms with Crippen molar-refractivity contribution < 1.29 is 14.3 Å². The number of nitrogens with zero attached hydrogens (tertiary/aromatic N) is 1. The van der Waals surface area contributed by atoms with Gasteiger partial charge in [0.15, 0.2) is 0 Å². The number of amides is 1. The van der Waals surface area contributed by atoms with Gasteiger partial charge >= 0.3 is 5.97 Å². The van der Waals surface area contributed by atoms with Crippen LogP contribution in [0.5, 0.6) is 0 Å². The van der Waals surface area contributed by atoms with Crippen molar-refractivity contribution in [1.29, 1.82) is 0 Å². The Labute approximate surface area is 192 Å². The van der Waals surface area contributed by atoms with Crippen LogP contribution in [0.4, 0.5) is 11.5 Å². The van der Waals surface area contributed by atoms with Gasteiger partial charge in [-0.15, -0.1) is 0 Å². The summed E-state index contributed by atoms with van der Waals surface area (Å²) in [5.74, 6) is 0.349. The molecule has 0 atom stereocenters. The van der Waals surface area contributed by atoms with Crippen LogP contribution in [0.2, 0.25) is 5.02 Å². The van der Waals surface area contributed by atoms with E-state index in [0.717, 1.165) is 35.1 Å². The zero-order valence-corrected chi connectivity index (χ0v) is 18.7. The predicted octanol–water partition coefficient (Wildman–Crippen LogP) is 5.46. The third-order valence-corrected chi connectivity index (χ3v) is 5.99. The number of halogens is 1. The van der Waals surface area contributed by atoms with Crippen LogP contribution in [0.15, 0.2) is 54.7 Å². The summed E-state index contributed by atoms with van der Waals surface area (Å²) in [6.07, 6.45) is 3.52. The van der Waals surface area contributed by atoms with Crippen LogP contribution in [0.25, 0.3) is 11.1 Å². The van der Waals surface area contributed by atoms with Crippen molar-refractivity contribution in [3.63, 3.8) is 0 Å². The summed E-state index contributed by atoms with van der Waals surface area (Å²) < 4.78 is 4.88. The molecule has 0 bridgehead atoms. The van der Waals surface area contributed by atoms with Crippen LogP contribution >= 0.6 is 11.6 Å². The fourth-order valence-electron chi connectivity index (χ4n) is 3.42. The summed E-state index contributed by atoms with van der Waals surface area (Å²) in [5.41, 5.74) is 4.74. The molecule has 2 N–H and O–H groups in total. The largest absolute Gasteiger partial charge is 0.465 e. The Bertz CT molecular complexity index is 1160. The quantitative estimate of drug-likeness (QED) is 0.468. The lowest BCUT2D eigenvalue weighted by atomic mass is 9.98. The van der Waals surface area contributed by atoms with Crippen molar-refractivity contribution in [1.82, 2.24) is 4.98 Å². The number of methoxy groups -OCH3 is 1. The van der Waals surface area contributed by atoms with Crippen LogP contribution in [-0.4, -0.2) is 24.0 Å². The number of nitrogens with one attached hydrogen (secondary N) is 2. The number of benzene rings is 2. The van der Waals surface area contributed by atoms with E-state index in [9.17, 15) is 9.59 Å². The lowest BCUT2D eigenvalue weighted by Crippen LogP contribution is -2.15. The standard InChI is InChI=1S/C25H24ClN3O3/c1-15-21(29-24(30)18-11-12-18)14-28-23(22(15)26)27-13-16-7-9-17(10-8-16)19-5-3-4-6-20(19)25(31)32-2/h3-10,14,18H,11-13H2,1-2H3,(H,27,28)(H,29,30). The van der Waals surface area contributed by atoms with E-state index in [1.165, 1.54) is 7.11 Å². The zero-order valence-electron chi connectivity index (χ0n) is 17.9. The van der Waals surface area contributed by atoms with Crippen LogP contribution < -0.4 is 10.6 Å². The molecule has 164 valence electrons. The number of hydrogen-bond donors (Lipinski definition) is 2. The first-order valence-corrected chi connectivity index (χ1v) is 10.8. The second-order valence-corrected chi connectivity index (χ2v) is 8.19. The highest BCUT2D eigenvalue weighted by Gasteiger charge is 2.30. The minimum absolute atomic E-state index is 0.0283. The minimum atomic E-state index is -0.362. The fraction of sp³-hybridized carbons (Fsp3) is 0.240. The monoisotopic (exact) mass is 449 g/mol. The van der Waals surface area contributed by atoms with E-state index in [1.54, 1.807) is 12.3 Å². The summed E-state index contributed by atoms with van der Waals surface area (Å²) in [5, 5.41) is 6.65. The number of aromatic nitrogens is 1. The van der Waals surface area contributed by atoms with Crippen molar-refractivity contribution >= 4 is 35.0 Å². The molecule has 0 unspecified atom stereocenters. The van der Waals surface area contributed by atoms with E-state index in [4.69, 9.17) is 16.3 Å². The van der Waals surface area contributed by atoms with Gasteiger partial charge in [-0.3, -0.25) is 4.79 Å².